The summed E-state index contributed by atoms with van der Waals surface area (Å²) in [7, 11) is 0. The number of hydrogen-bond donors (Lipinski definition) is 1. The van der Waals surface area contributed by atoms with Crippen molar-refractivity contribution in [3.63, 3.8) is 0 Å². The van der Waals surface area contributed by atoms with Crippen LogP contribution in [0.3, 0.4) is 0 Å². The predicted molar refractivity (Wildman–Crippen MR) is 112 cm³/mol. The van der Waals surface area contributed by atoms with Crippen molar-refractivity contribution in [2.24, 2.45) is 0 Å². The summed E-state index contributed by atoms with van der Waals surface area (Å²) >= 11 is 0. The number of rotatable bonds is 8. The number of anilines is 3. The van der Waals surface area contributed by atoms with Crippen LogP contribution in [0.5, 0.6) is 5.75 Å². The van der Waals surface area contributed by atoms with Crippen molar-refractivity contribution >= 4 is 17.5 Å². The number of para-hydroxylation sites is 2. The van der Waals surface area contributed by atoms with Gasteiger partial charge >= 0.3 is 0 Å². The van der Waals surface area contributed by atoms with Crippen molar-refractivity contribution in [1.29, 1.82) is 0 Å². The summed E-state index contributed by atoms with van der Waals surface area (Å²) in [6.45, 7) is 8.52. The van der Waals surface area contributed by atoms with E-state index in [9.17, 15) is 0 Å². The third kappa shape index (κ3) is 4.56. The standard InChI is InChI=1S/C22H26N4O/c1-4-26(5-2)22-24-19(17-12-8-7-9-13-17)16-21(25-22)23-18-14-10-11-15-20(18)27-6-3/h7-16H,4-6H2,1-3H3,(H,23,24,25). The molecule has 0 atom stereocenters. The fraction of sp³-hybridized carbons (Fsp3) is 0.273. The highest BCUT2D eigenvalue weighted by Crippen LogP contribution is 2.29. The largest absolute Gasteiger partial charge is 0.492 e. The van der Waals surface area contributed by atoms with Crippen molar-refractivity contribution in [2.75, 3.05) is 29.9 Å². The predicted octanol–water partition coefficient (Wildman–Crippen LogP) is 5.13. The molecule has 0 fully saturated rings. The average Bonchev–Trinajstić information content (AvgIpc) is 2.71. The maximum Gasteiger partial charge on any atom is 0.227 e. The lowest BCUT2D eigenvalue weighted by molar-refractivity contribution is 0.342. The van der Waals surface area contributed by atoms with Gasteiger partial charge in [-0.15, -0.1) is 0 Å². The Bertz CT molecular complexity index is 863. The molecular formula is C22H26N4O. The van der Waals surface area contributed by atoms with Crippen LogP contribution in [-0.2, 0) is 0 Å². The SMILES string of the molecule is CCOc1ccccc1Nc1cc(-c2ccccc2)nc(N(CC)CC)n1. The van der Waals surface area contributed by atoms with Gasteiger partial charge in [-0.2, -0.15) is 4.98 Å². The Morgan fingerprint density at radius 1 is 0.889 bits per heavy atom. The maximum absolute atomic E-state index is 5.73. The first-order chi connectivity index (χ1) is 13.2. The highest BCUT2D eigenvalue weighted by atomic mass is 16.5. The summed E-state index contributed by atoms with van der Waals surface area (Å²) in [5.74, 6) is 2.28. The van der Waals surface area contributed by atoms with Gasteiger partial charge in [0.15, 0.2) is 0 Å². The van der Waals surface area contributed by atoms with Gasteiger partial charge in [0.1, 0.15) is 11.6 Å². The molecule has 0 aliphatic heterocycles. The molecule has 0 saturated heterocycles. The number of aromatic nitrogens is 2. The fourth-order valence-corrected chi connectivity index (χ4v) is 2.89. The average molecular weight is 362 g/mol. The van der Waals surface area contributed by atoms with Crippen molar-refractivity contribution in [1.82, 2.24) is 9.97 Å². The van der Waals surface area contributed by atoms with Crippen LogP contribution in [0.1, 0.15) is 20.8 Å². The quantitative estimate of drug-likeness (QED) is 0.602. The molecule has 2 aromatic carbocycles. The van der Waals surface area contributed by atoms with Crippen LogP contribution in [0.2, 0.25) is 0 Å². The highest BCUT2D eigenvalue weighted by molar-refractivity contribution is 5.70. The molecule has 5 heteroatoms. The molecule has 0 bridgehead atoms. The van der Waals surface area contributed by atoms with E-state index >= 15 is 0 Å². The minimum atomic E-state index is 0.614. The van der Waals surface area contributed by atoms with Gasteiger partial charge in [0.05, 0.1) is 18.0 Å². The van der Waals surface area contributed by atoms with E-state index in [1.165, 1.54) is 0 Å². The van der Waals surface area contributed by atoms with Crippen LogP contribution in [0.15, 0.2) is 60.7 Å². The number of nitrogens with zero attached hydrogens (tertiary/aromatic N) is 3. The normalized spacial score (nSPS) is 10.5. The van der Waals surface area contributed by atoms with Crippen molar-refractivity contribution in [2.45, 2.75) is 20.8 Å². The Kier molecular flexibility index (Phi) is 6.26. The maximum atomic E-state index is 5.73. The fourth-order valence-electron chi connectivity index (χ4n) is 2.89. The second-order valence-electron chi connectivity index (χ2n) is 6.03. The molecule has 0 radical (unpaired) electrons. The summed E-state index contributed by atoms with van der Waals surface area (Å²) in [6.07, 6.45) is 0. The summed E-state index contributed by atoms with van der Waals surface area (Å²) in [6, 6.07) is 20.0. The second kappa shape index (κ2) is 9.03. The minimum Gasteiger partial charge on any atom is -0.492 e. The van der Waals surface area contributed by atoms with E-state index in [1.807, 2.05) is 55.5 Å². The molecule has 3 aromatic rings. The van der Waals surface area contributed by atoms with Gasteiger partial charge in [-0.3, -0.25) is 0 Å². The Hall–Kier alpha value is -3.08. The second-order valence-corrected chi connectivity index (χ2v) is 6.03. The van der Waals surface area contributed by atoms with Crippen LogP contribution < -0.4 is 15.0 Å². The molecule has 27 heavy (non-hydrogen) atoms. The summed E-state index contributed by atoms with van der Waals surface area (Å²) in [4.78, 5) is 11.7. The zero-order chi connectivity index (χ0) is 19.1. The van der Waals surface area contributed by atoms with Gasteiger partial charge in [-0.1, -0.05) is 42.5 Å². The zero-order valence-corrected chi connectivity index (χ0v) is 16.1. The molecule has 0 amide bonds. The first-order valence-corrected chi connectivity index (χ1v) is 9.43. The van der Waals surface area contributed by atoms with Crippen LogP contribution >= 0.6 is 0 Å². The van der Waals surface area contributed by atoms with E-state index in [-0.39, 0.29) is 0 Å². The Labute approximate surface area is 161 Å². The van der Waals surface area contributed by atoms with Crippen molar-refractivity contribution < 1.29 is 4.74 Å². The van der Waals surface area contributed by atoms with Crippen LogP contribution in [0, 0.1) is 0 Å². The molecule has 1 heterocycles. The van der Waals surface area contributed by atoms with E-state index in [0.29, 0.717) is 6.61 Å². The van der Waals surface area contributed by atoms with Crippen LogP contribution in [-0.4, -0.2) is 29.7 Å². The van der Waals surface area contributed by atoms with E-state index in [4.69, 9.17) is 14.7 Å². The van der Waals surface area contributed by atoms with Gasteiger partial charge in [0.25, 0.3) is 0 Å². The molecular weight excluding hydrogens is 336 g/mol. The van der Waals surface area contributed by atoms with Gasteiger partial charge in [-0.25, -0.2) is 4.98 Å². The lowest BCUT2D eigenvalue weighted by atomic mass is 10.1. The highest BCUT2D eigenvalue weighted by Gasteiger charge is 2.12. The molecule has 1 N–H and O–H groups in total. The lowest BCUT2D eigenvalue weighted by Gasteiger charge is -2.20. The van der Waals surface area contributed by atoms with Gasteiger partial charge < -0.3 is 15.0 Å². The molecule has 5 nitrogen and oxygen atoms in total. The Morgan fingerprint density at radius 2 is 1.59 bits per heavy atom. The van der Waals surface area contributed by atoms with Gasteiger partial charge in [-0.05, 0) is 32.9 Å². The number of nitrogens with one attached hydrogen (secondary N) is 1. The monoisotopic (exact) mass is 362 g/mol. The first kappa shape index (κ1) is 18.7. The third-order valence-electron chi connectivity index (χ3n) is 4.28. The van der Waals surface area contributed by atoms with E-state index in [2.05, 4.69) is 36.2 Å². The molecule has 0 spiro atoms. The van der Waals surface area contributed by atoms with Crippen molar-refractivity contribution in [3.8, 4) is 17.0 Å². The molecule has 0 aliphatic carbocycles. The third-order valence-corrected chi connectivity index (χ3v) is 4.28. The van der Waals surface area contributed by atoms with E-state index in [1.54, 1.807) is 0 Å². The molecule has 0 unspecified atom stereocenters. The Balaban J connectivity index is 2.03. The van der Waals surface area contributed by atoms with Crippen LogP contribution in [0.4, 0.5) is 17.5 Å². The Morgan fingerprint density at radius 3 is 2.30 bits per heavy atom. The summed E-state index contributed by atoms with van der Waals surface area (Å²) in [5, 5.41) is 3.41. The van der Waals surface area contributed by atoms with E-state index < -0.39 is 0 Å². The molecule has 0 aliphatic rings. The van der Waals surface area contributed by atoms with Crippen molar-refractivity contribution in [3.05, 3.63) is 60.7 Å². The molecule has 140 valence electrons. The molecule has 1 aromatic heterocycles. The zero-order valence-electron chi connectivity index (χ0n) is 16.1. The lowest BCUT2D eigenvalue weighted by Crippen LogP contribution is -2.24. The number of benzene rings is 2. The summed E-state index contributed by atoms with van der Waals surface area (Å²) < 4.78 is 5.73. The number of hydrogen-bond acceptors (Lipinski definition) is 5. The molecule has 3 rings (SSSR count). The summed E-state index contributed by atoms with van der Waals surface area (Å²) in [5.41, 5.74) is 2.85. The van der Waals surface area contributed by atoms with Gasteiger partial charge in [0.2, 0.25) is 5.95 Å². The van der Waals surface area contributed by atoms with E-state index in [0.717, 1.165) is 47.5 Å². The van der Waals surface area contributed by atoms with Crippen LogP contribution in [0.25, 0.3) is 11.3 Å². The molecule has 0 saturated carbocycles. The first-order valence-electron chi connectivity index (χ1n) is 9.43. The van der Waals surface area contributed by atoms with Gasteiger partial charge in [0, 0.05) is 24.7 Å². The topological polar surface area (TPSA) is 50.3 Å². The minimum absolute atomic E-state index is 0.614. The number of ether oxygens (including phenoxy) is 1. The smallest absolute Gasteiger partial charge is 0.227 e.